The number of benzene rings is 2. The number of nitrogens with zero attached hydrogens (tertiary/aromatic N) is 1. The van der Waals surface area contributed by atoms with E-state index in [0.717, 1.165) is 25.2 Å². The fourth-order valence-corrected chi connectivity index (χ4v) is 3.18. The minimum absolute atomic E-state index is 0.0255. The van der Waals surface area contributed by atoms with E-state index in [1.165, 1.54) is 5.56 Å². The molecule has 120 valence electrons. The first-order valence-corrected chi connectivity index (χ1v) is 8.19. The standard InChI is InChI=1S/C20H23NO2/c1-16-12-21(13-17-8-4-2-5-9-17)14-19(16)20(22)23-15-18-10-6-3-7-11-18/h2-11,16,19H,12-15H2,1H3. The van der Waals surface area contributed by atoms with Crippen LogP contribution in [0.25, 0.3) is 0 Å². The van der Waals surface area contributed by atoms with Gasteiger partial charge in [-0.3, -0.25) is 9.69 Å². The summed E-state index contributed by atoms with van der Waals surface area (Å²) in [4.78, 5) is 14.7. The van der Waals surface area contributed by atoms with Crippen molar-refractivity contribution in [3.8, 4) is 0 Å². The maximum Gasteiger partial charge on any atom is 0.310 e. The average Bonchev–Trinajstić information content (AvgIpc) is 2.95. The molecule has 2 aromatic rings. The lowest BCUT2D eigenvalue weighted by Crippen LogP contribution is -2.25. The highest BCUT2D eigenvalue weighted by molar-refractivity contribution is 5.73. The lowest BCUT2D eigenvalue weighted by atomic mass is 9.99. The number of rotatable bonds is 5. The van der Waals surface area contributed by atoms with Crippen molar-refractivity contribution < 1.29 is 9.53 Å². The number of hydrogen-bond acceptors (Lipinski definition) is 3. The Morgan fingerprint density at radius 3 is 2.26 bits per heavy atom. The molecule has 1 heterocycles. The predicted octanol–water partition coefficient (Wildman–Crippen LogP) is 3.50. The van der Waals surface area contributed by atoms with Crippen LogP contribution in [0.4, 0.5) is 0 Å². The molecular formula is C20H23NO2. The van der Waals surface area contributed by atoms with Gasteiger partial charge in [-0.05, 0) is 17.0 Å². The summed E-state index contributed by atoms with van der Waals surface area (Å²) in [5.74, 6) is 0.237. The quantitative estimate of drug-likeness (QED) is 0.792. The van der Waals surface area contributed by atoms with Gasteiger partial charge < -0.3 is 4.74 Å². The summed E-state index contributed by atoms with van der Waals surface area (Å²) in [6.45, 7) is 5.12. The Bertz CT molecular complexity index is 627. The van der Waals surface area contributed by atoms with Gasteiger partial charge >= 0.3 is 5.97 Å². The third-order valence-corrected chi connectivity index (χ3v) is 4.46. The van der Waals surface area contributed by atoms with Gasteiger partial charge in [-0.2, -0.15) is 0 Å². The van der Waals surface area contributed by atoms with Crippen LogP contribution in [-0.4, -0.2) is 24.0 Å². The van der Waals surface area contributed by atoms with Crippen LogP contribution >= 0.6 is 0 Å². The Morgan fingerprint density at radius 2 is 1.61 bits per heavy atom. The van der Waals surface area contributed by atoms with Crippen molar-refractivity contribution in [3.63, 3.8) is 0 Å². The topological polar surface area (TPSA) is 29.5 Å². The van der Waals surface area contributed by atoms with E-state index in [9.17, 15) is 4.79 Å². The summed E-state index contributed by atoms with van der Waals surface area (Å²) in [6, 6.07) is 20.2. The molecule has 1 aliphatic heterocycles. The van der Waals surface area contributed by atoms with Gasteiger partial charge in [0, 0.05) is 19.6 Å². The second kappa shape index (κ2) is 7.42. The van der Waals surface area contributed by atoms with Gasteiger partial charge in [-0.1, -0.05) is 67.6 Å². The lowest BCUT2D eigenvalue weighted by molar-refractivity contribution is -0.150. The van der Waals surface area contributed by atoms with E-state index in [-0.39, 0.29) is 11.9 Å². The average molecular weight is 309 g/mol. The number of carbonyl (C=O) groups excluding carboxylic acids is 1. The van der Waals surface area contributed by atoms with Crippen LogP contribution in [0.2, 0.25) is 0 Å². The maximum absolute atomic E-state index is 12.4. The van der Waals surface area contributed by atoms with Gasteiger partial charge in [0.05, 0.1) is 5.92 Å². The van der Waals surface area contributed by atoms with E-state index in [1.807, 2.05) is 36.4 Å². The molecule has 2 atom stereocenters. The van der Waals surface area contributed by atoms with Crippen molar-refractivity contribution in [2.24, 2.45) is 11.8 Å². The molecule has 1 fully saturated rings. The van der Waals surface area contributed by atoms with Crippen molar-refractivity contribution in [2.75, 3.05) is 13.1 Å². The van der Waals surface area contributed by atoms with Crippen LogP contribution in [0.5, 0.6) is 0 Å². The van der Waals surface area contributed by atoms with Crippen molar-refractivity contribution >= 4 is 5.97 Å². The van der Waals surface area contributed by atoms with Gasteiger partial charge in [0.2, 0.25) is 0 Å². The van der Waals surface area contributed by atoms with E-state index < -0.39 is 0 Å². The summed E-state index contributed by atoms with van der Waals surface area (Å²) in [5, 5.41) is 0. The van der Waals surface area contributed by atoms with Gasteiger partial charge in [-0.15, -0.1) is 0 Å². The first kappa shape index (κ1) is 15.8. The first-order chi connectivity index (χ1) is 11.2. The van der Waals surface area contributed by atoms with Crippen LogP contribution in [0.1, 0.15) is 18.1 Å². The Hall–Kier alpha value is -2.13. The van der Waals surface area contributed by atoms with Crippen molar-refractivity contribution in [2.45, 2.75) is 20.1 Å². The smallest absolute Gasteiger partial charge is 0.310 e. The van der Waals surface area contributed by atoms with E-state index in [2.05, 4.69) is 36.1 Å². The van der Waals surface area contributed by atoms with Crippen molar-refractivity contribution in [1.29, 1.82) is 0 Å². The van der Waals surface area contributed by atoms with Crippen LogP contribution in [-0.2, 0) is 22.7 Å². The van der Waals surface area contributed by atoms with Crippen LogP contribution in [0.3, 0.4) is 0 Å². The van der Waals surface area contributed by atoms with E-state index in [1.54, 1.807) is 0 Å². The van der Waals surface area contributed by atoms with Gasteiger partial charge in [0.25, 0.3) is 0 Å². The zero-order chi connectivity index (χ0) is 16.1. The fraction of sp³-hybridized carbons (Fsp3) is 0.350. The minimum Gasteiger partial charge on any atom is -0.461 e. The molecule has 3 rings (SSSR count). The monoisotopic (exact) mass is 309 g/mol. The van der Waals surface area contributed by atoms with Gasteiger partial charge in [0.15, 0.2) is 0 Å². The first-order valence-electron chi connectivity index (χ1n) is 8.19. The molecule has 1 saturated heterocycles. The molecule has 3 nitrogen and oxygen atoms in total. The zero-order valence-electron chi connectivity index (χ0n) is 13.5. The highest BCUT2D eigenvalue weighted by atomic mass is 16.5. The van der Waals surface area contributed by atoms with Crippen LogP contribution in [0, 0.1) is 11.8 Å². The Labute approximate surface area is 137 Å². The maximum atomic E-state index is 12.4. The normalized spacial score (nSPS) is 21.3. The largest absolute Gasteiger partial charge is 0.461 e. The molecule has 2 unspecified atom stereocenters. The third kappa shape index (κ3) is 4.20. The summed E-state index contributed by atoms with van der Waals surface area (Å²) in [7, 11) is 0. The molecule has 0 saturated carbocycles. The molecule has 0 radical (unpaired) electrons. The van der Waals surface area contributed by atoms with Crippen molar-refractivity contribution in [3.05, 3.63) is 71.8 Å². The predicted molar refractivity (Wildman–Crippen MR) is 90.6 cm³/mol. The number of carbonyl (C=O) groups is 1. The molecule has 2 aromatic carbocycles. The second-order valence-corrected chi connectivity index (χ2v) is 6.36. The Morgan fingerprint density at radius 1 is 1.00 bits per heavy atom. The van der Waals surface area contributed by atoms with E-state index in [4.69, 9.17) is 4.74 Å². The summed E-state index contributed by atoms with van der Waals surface area (Å²) >= 11 is 0. The minimum atomic E-state index is -0.0723. The van der Waals surface area contributed by atoms with Gasteiger partial charge in [0.1, 0.15) is 6.61 Å². The molecular weight excluding hydrogens is 286 g/mol. The number of likely N-dealkylation sites (tertiary alicyclic amines) is 1. The summed E-state index contributed by atoms with van der Waals surface area (Å²) in [6.07, 6.45) is 0. The van der Waals surface area contributed by atoms with Crippen LogP contribution in [0.15, 0.2) is 60.7 Å². The molecule has 1 aliphatic rings. The second-order valence-electron chi connectivity index (χ2n) is 6.36. The van der Waals surface area contributed by atoms with Crippen LogP contribution < -0.4 is 0 Å². The van der Waals surface area contributed by atoms with E-state index in [0.29, 0.717) is 12.5 Å². The number of esters is 1. The SMILES string of the molecule is CC1CN(Cc2ccccc2)CC1C(=O)OCc1ccccc1. The molecule has 23 heavy (non-hydrogen) atoms. The molecule has 0 aromatic heterocycles. The molecule has 0 spiro atoms. The fourth-order valence-electron chi connectivity index (χ4n) is 3.18. The summed E-state index contributed by atoms with van der Waals surface area (Å²) < 4.78 is 5.52. The van der Waals surface area contributed by atoms with E-state index >= 15 is 0 Å². The molecule has 0 bridgehead atoms. The molecule has 0 N–H and O–H groups in total. The lowest BCUT2D eigenvalue weighted by Gasteiger charge is -2.15. The number of ether oxygens (including phenoxy) is 1. The Kier molecular flexibility index (Phi) is 5.09. The van der Waals surface area contributed by atoms with Crippen molar-refractivity contribution in [1.82, 2.24) is 4.90 Å². The highest BCUT2D eigenvalue weighted by Gasteiger charge is 2.35. The zero-order valence-corrected chi connectivity index (χ0v) is 13.5. The third-order valence-electron chi connectivity index (χ3n) is 4.46. The molecule has 3 heteroatoms. The highest BCUT2D eigenvalue weighted by Crippen LogP contribution is 2.26. The summed E-state index contributed by atoms with van der Waals surface area (Å²) in [5.41, 5.74) is 2.32. The Balaban J connectivity index is 1.53. The van der Waals surface area contributed by atoms with Gasteiger partial charge in [-0.25, -0.2) is 0 Å². The number of hydrogen-bond donors (Lipinski definition) is 0. The molecule has 0 amide bonds. The molecule has 0 aliphatic carbocycles.